The molecule has 0 aromatic carbocycles. The lowest BCUT2D eigenvalue weighted by Crippen LogP contribution is -2.57. The molecule has 11 nitrogen and oxygen atoms in total. The molecule has 0 radical (unpaired) electrons. The van der Waals surface area contributed by atoms with Crippen LogP contribution in [0.5, 0.6) is 5.88 Å². The Balaban J connectivity index is 1.76. The molecule has 1 atom stereocenters. The van der Waals surface area contributed by atoms with Crippen LogP contribution < -0.4 is 26.7 Å². The lowest BCUT2D eigenvalue weighted by atomic mass is 9.98. The SMILES string of the molecule is Cc1cc(Nc2cc(OC(N)=O)ncn2)c(=O)n2c1C(=O)NC21CCCN(C)C1. The number of rotatable bonds is 3. The first-order valence-corrected chi connectivity index (χ1v) is 9.14. The Morgan fingerprint density at radius 1 is 1.34 bits per heavy atom. The number of nitrogens with one attached hydrogen (secondary N) is 2. The fourth-order valence-electron chi connectivity index (χ4n) is 4.09. The van der Waals surface area contributed by atoms with Gasteiger partial charge in [0.1, 0.15) is 29.2 Å². The molecule has 4 heterocycles. The molecule has 4 rings (SSSR count). The van der Waals surface area contributed by atoms with Gasteiger partial charge >= 0.3 is 6.09 Å². The first kappa shape index (κ1) is 18.9. The summed E-state index contributed by atoms with van der Waals surface area (Å²) < 4.78 is 6.30. The van der Waals surface area contributed by atoms with Gasteiger partial charge in [-0.2, -0.15) is 0 Å². The average molecular weight is 399 g/mol. The second-order valence-corrected chi connectivity index (χ2v) is 7.34. The lowest BCUT2D eigenvalue weighted by Gasteiger charge is -2.39. The van der Waals surface area contributed by atoms with E-state index in [-0.39, 0.29) is 28.9 Å². The zero-order chi connectivity index (χ0) is 20.8. The van der Waals surface area contributed by atoms with E-state index in [4.69, 9.17) is 10.5 Å². The predicted octanol–water partition coefficient (Wildman–Crippen LogP) is 0.270. The number of nitrogens with two attached hydrogens (primary N) is 1. The van der Waals surface area contributed by atoms with E-state index in [0.717, 1.165) is 13.0 Å². The predicted molar refractivity (Wildman–Crippen MR) is 103 cm³/mol. The third kappa shape index (κ3) is 3.29. The smallest absolute Gasteiger partial charge is 0.391 e. The molecule has 4 N–H and O–H groups in total. The van der Waals surface area contributed by atoms with E-state index in [2.05, 4.69) is 25.5 Å². The molecule has 2 amide bonds. The number of likely N-dealkylation sites (N-methyl/N-ethyl adjacent to an activating group) is 1. The van der Waals surface area contributed by atoms with Crippen LogP contribution in [0.1, 0.15) is 28.9 Å². The number of fused-ring (bicyclic) bond motifs is 2. The van der Waals surface area contributed by atoms with E-state index in [1.54, 1.807) is 17.6 Å². The normalized spacial score (nSPS) is 21.0. The van der Waals surface area contributed by atoms with E-state index >= 15 is 0 Å². The fraction of sp³-hybridized carbons (Fsp3) is 0.389. The van der Waals surface area contributed by atoms with Crippen molar-refractivity contribution in [2.75, 3.05) is 25.5 Å². The standard InChI is InChI=1S/C18H21N7O4/c1-10-6-11(22-12-7-13(21-9-20-12)29-17(19)28)16(27)25-14(10)15(26)23-18(25)4-3-5-24(2)8-18/h6-7,9H,3-5,8H2,1-2H3,(H2,19,28)(H,23,26)(H,20,21,22). The number of aryl methyl sites for hydroxylation is 1. The second-order valence-electron chi connectivity index (χ2n) is 7.34. The van der Waals surface area contributed by atoms with Crippen LogP contribution in [0.4, 0.5) is 16.3 Å². The van der Waals surface area contributed by atoms with Crippen LogP contribution >= 0.6 is 0 Å². The summed E-state index contributed by atoms with van der Waals surface area (Å²) in [6.45, 7) is 3.23. The summed E-state index contributed by atoms with van der Waals surface area (Å²) in [7, 11) is 1.96. The molecule has 1 spiro atoms. The molecule has 29 heavy (non-hydrogen) atoms. The summed E-state index contributed by atoms with van der Waals surface area (Å²) in [4.78, 5) is 46.8. The van der Waals surface area contributed by atoms with E-state index < -0.39 is 11.8 Å². The zero-order valence-corrected chi connectivity index (χ0v) is 16.1. The Bertz CT molecular complexity index is 1070. The highest BCUT2D eigenvalue weighted by atomic mass is 16.6. The summed E-state index contributed by atoms with van der Waals surface area (Å²) in [5, 5.41) is 5.96. The lowest BCUT2D eigenvalue weighted by molar-refractivity contribution is 0.0755. The van der Waals surface area contributed by atoms with Crippen molar-refractivity contribution in [3.8, 4) is 5.88 Å². The van der Waals surface area contributed by atoms with Gasteiger partial charge < -0.3 is 26.0 Å². The van der Waals surface area contributed by atoms with Gasteiger partial charge in [-0.1, -0.05) is 0 Å². The Morgan fingerprint density at radius 3 is 2.86 bits per heavy atom. The maximum atomic E-state index is 13.3. The van der Waals surface area contributed by atoms with Crippen LogP contribution in [0.3, 0.4) is 0 Å². The number of primary amides is 1. The quantitative estimate of drug-likeness (QED) is 0.667. The highest BCUT2D eigenvalue weighted by molar-refractivity contribution is 5.97. The first-order valence-electron chi connectivity index (χ1n) is 9.14. The average Bonchev–Trinajstić information content (AvgIpc) is 2.91. The van der Waals surface area contributed by atoms with Crippen molar-refractivity contribution < 1.29 is 14.3 Å². The van der Waals surface area contributed by atoms with Crippen LogP contribution in [0.25, 0.3) is 0 Å². The first-order chi connectivity index (χ1) is 13.8. The molecule has 1 saturated heterocycles. The van der Waals surface area contributed by atoms with E-state index in [0.29, 0.717) is 24.2 Å². The van der Waals surface area contributed by atoms with Crippen LogP contribution in [-0.2, 0) is 5.66 Å². The third-order valence-electron chi connectivity index (χ3n) is 5.15. The van der Waals surface area contributed by atoms with Gasteiger partial charge in [0, 0.05) is 12.6 Å². The number of nitrogens with zero attached hydrogens (tertiary/aromatic N) is 4. The number of anilines is 2. The number of pyridine rings is 1. The summed E-state index contributed by atoms with van der Waals surface area (Å²) in [5.74, 6) is -0.0452. The van der Waals surface area contributed by atoms with Gasteiger partial charge in [-0.3, -0.25) is 14.2 Å². The molecular formula is C18H21N7O4. The highest BCUT2D eigenvalue weighted by Crippen LogP contribution is 2.32. The van der Waals surface area contributed by atoms with Crippen LogP contribution in [0, 0.1) is 6.92 Å². The molecule has 0 bridgehead atoms. The molecule has 152 valence electrons. The van der Waals surface area contributed by atoms with E-state index in [9.17, 15) is 14.4 Å². The molecule has 0 saturated carbocycles. The van der Waals surface area contributed by atoms with Crippen LogP contribution in [-0.4, -0.2) is 51.6 Å². The number of carbonyl (C=O) groups excluding carboxylic acids is 2. The van der Waals surface area contributed by atoms with E-state index in [1.165, 1.54) is 12.4 Å². The Labute approximate surface area is 165 Å². The van der Waals surface area contributed by atoms with Crippen molar-refractivity contribution >= 4 is 23.5 Å². The maximum Gasteiger partial charge on any atom is 0.411 e. The Kier molecular flexibility index (Phi) is 4.46. The molecule has 2 aromatic rings. The number of carbonyl (C=O) groups is 2. The summed E-state index contributed by atoms with van der Waals surface area (Å²) in [6.07, 6.45) is 1.71. The van der Waals surface area contributed by atoms with Gasteiger partial charge in [0.25, 0.3) is 11.5 Å². The molecule has 2 aromatic heterocycles. The summed E-state index contributed by atoms with van der Waals surface area (Å²) in [6, 6.07) is 2.96. The second kappa shape index (κ2) is 6.85. The number of hydrogen-bond donors (Lipinski definition) is 3. The van der Waals surface area contributed by atoms with Gasteiger partial charge in [-0.25, -0.2) is 14.8 Å². The van der Waals surface area contributed by atoms with Gasteiger partial charge in [-0.05, 0) is 45.0 Å². The number of likely N-dealkylation sites (tertiary alicyclic amines) is 1. The topological polar surface area (TPSA) is 144 Å². The molecule has 11 heteroatoms. The van der Waals surface area contributed by atoms with E-state index in [1.807, 2.05) is 7.05 Å². The molecule has 0 aliphatic carbocycles. The van der Waals surface area contributed by atoms with Gasteiger partial charge in [0.15, 0.2) is 0 Å². The molecule has 1 unspecified atom stereocenters. The van der Waals surface area contributed by atoms with Crippen molar-refractivity contribution in [3.05, 3.63) is 40.1 Å². The third-order valence-corrected chi connectivity index (χ3v) is 5.15. The Hall–Kier alpha value is -3.47. The largest absolute Gasteiger partial charge is 0.411 e. The van der Waals surface area contributed by atoms with Gasteiger partial charge in [0.2, 0.25) is 5.88 Å². The summed E-state index contributed by atoms with van der Waals surface area (Å²) >= 11 is 0. The highest BCUT2D eigenvalue weighted by Gasteiger charge is 2.46. The minimum absolute atomic E-state index is 0.0461. The maximum absolute atomic E-state index is 13.3. The van der Waals surface area contributed by atoms with Crippen LogP contribution in [0.2, 0.25) is 0 Å². The molecular weight excluding hydrogens is 378 g/mol. The van der Waals surface area contributed by atoms with Crippen molar-refractivity contribution in [1.82, 2.24) is 24.8 Å². The molecule has 1 fully saturated rings. The monoisotopic (exact) mass is 399 g/mol. The number of piperidine rings is 1. The molecule has 2 aliphatic rings. The van der Waals surface area contributed by atoms with Gasteiger partial charge in [-0.15, -0.1) is 0 Å². The fourth-order valence-corrected chi connectivity index (χ4v) is 4.09. The van der Waals surface area contributed by atoms with Crippen molar-refractivity contribution in [2.45, 2.75) is 25.4 Å². The molecule has 2 aliphatic heterocycles. The van der Waals surface area contributed by atoms with Crippen molar-refractivity contribution in [1.29, 1.82) is 0 Å². The minimum Gasteiger partial charge on any atom is -0.391 e. The zero-order valence-electron chi connectivity index (χ0n) is 16.1. The van der Waals surface area contributed by atoms with Crippen molar-refractivity contribution in [2.24, 2.45) is 5.73 Å². The van der Waals surface area contributed by atoms with Crippen LogP contribution in [0.15, 0.2) is 23.3 Å². The number of ether oxygens (including phenoxy) is 1. The number of amides is 2. The summed E-state index contributed by atoms with van der Waals surface area (Å²) in [5.41, 5.74) is 5.17. The van der Waals surface area contributed by atoms with Gasteiger partial charge in [0.05, 0.1) is 0 Å². The number of hydrogen-bond acceptors (Lipinski definition) is 8. The van der Waals surface area contributed by atoms with Crippen molar-refractivity contribution in [3.63, 3.8) is 0 Å². The minimum atomic E-state index is -1.00. The number of aromatic nitrogens is 3. The Morgan fingerprint density at radius 2 is 2.14 bits per heavy atom.